The van der Waals surface area contributed by atoms with Crippen LogP contribution in [-0.2, 0) is 13.0 Å². The summed E-state index contributed by atoms with van der Waals surface area (Å²) in [5.41, 5.74) is 5.10. The molecule has 0 radical (unpaired) electrons. The van der Waals surface area contributed by atoms with E-state index in [1.807, 2.05) is 0 Å². The predicted octanol–water partition coefficient (Wildman–Crippen LogP) is 1.21. The van der Waals surface area contributed by atoms with Crippen molar-refractivity contribution in [3.63, 3.8) is 0 Å². The molecular formula is C9H8F3N3O2. The van der Waals surface area contributed by atoms with Crippen molar-refractivity contribution < 1.29 is 23.0 Å². The van der Waals surface area contributed by atoms with E-state index in [1.54, 1.807) is 6.07 Å². The van der Waals surface area contributed by atoms with Crippen LogP contribution in [0.5, 0.6) is 11.5 Å². The summed E-state index contributed by atoms with van der Waals surface area (Å²) in [6.07, 6.45) is -5.14. The van der Waals surface area contributed by atoms with Gasteiger partial charge in [0.15, 0.2) is 11.5 Å². The van der Waals surface area contributed by atoms with Gasteiger partial charge in [0.25, 0.3) is 0 Å². The summed E-state index contributed by atoms with van der Waals surface area (Å²) in [5, 5.41) is 17.8. The number of hydrogen-bond donors (Lipinski definition) is 2. The van der Waals surface area contributed by atoms with Crippen LogP contribution in [-0.4, -0.2) is 16.5 Å². The van der Waals surface area contributed by atoms with E-state index in [9.17, 15) is 18.3 Å². The van der Waals surface area contributed by atoms with E-state index in [0.717, 1.165) is 6.07 Å². The number of nitriles is 1. The smallest absolute Gasteiger partial charge is 0.503 e. The Balaban J connectivity index is 3.19. The monoisotopic (exact) mass is 247 g/mol. The topological polar surface area (TPSA) is 92.2 Å². The van der Waals surface area contributed by atoms with Crippen LogP contribution >= 0.6 is 0 Å². The van der Waals surface area contributed by atoms with Crippen LogP contribution in [0.25, 0.3) is 0 Å². The molecule has 0 aromatic carbocycles. The van der Waals surface area contributed by atoms with Crippen molar-refractivity contribution in [3.05, 3.63) is 17.5 Å². The predicted molar refractivity (Wildman–Crippen MR) is 49.8 cm³/mol. The number of hydrogen-bond acceptors (Lipinski definition) is 5. The Morgan fingerprint density at radius 1 is 1.53 bits per heavy atom. The molecule has 0 amide bonds. The van der Waals surface area contributed by atoms with Gasteiger partial charge >= 0.3 is 6.36 Å². The van der Waals surface area contributed by atoms with E-state index in [2.05, 4.69) is 9.72 Å². The van der Waals surface area contributed by atoms with Gasteiger partial charge in [-0.25, -0.2) is 0 Å². The van der Waals surface area contributed by atoms with Crippen molar-refractivity contribution in [2.45, 2.75) is 19.3 Å². The molecule has 17 heavy (non-hydrogen) atoms. The zero-order valence-electron chi connectivity index (χ0n) is 8.45. The molecule has 5 nitrogen and oxygen atoms in total. The molecule has 1 aromatic heterocycles. The van der Waals surface area contributed by atoms with Crippen molar-refractivity contribution in [1.82, 2.24) is 4.98 Å². The fourth-order valence-electron chi connectivity index (χ4n) is 1.14. The van der Waals surface area contributed by atoms with Crippen LogP contribution in [0.1, 0.15) is 11.4 Å². The Kier molecular flexibility index (Phi) is 3.75. The fourth-order valence-corrected chi connectivity index (χ4v) is 1.14. The molecule has 0 fully saturated rings. The van der Waals surface area contributed by atoms with Gasteiger partial charge in [0, 0.05) is 12.6 Å². The van der Waals surface area contributed by atoms with Gasteiger partial charge in [-0.1, -0.05) is 0 Å². The molecule has 0 aliphatic heterocycles. The van der Waals surface area contributed by atoms with Crippen LogP contribution in [0.3, 0.4) is 0 Å². The van der Waals surface area contributed by atoms with Gasteiger partial charge in [0.05, 0.1) is 23.9 Å². The average molecular weight is 247 g/mol. The second-order valence-corrected chi connectivity index (χ2v) is 2.99. The molecule has 0 unspecified atom stereocenters. The number of nitrogens with two attached hydrogens (primary N) is 1. The minimum atomic E-state index is -4.94. The van der Waals surface area contributed by atoms with E-state index < -0.39 is 17.9 Å². The second kappa shape index (κ2) is 4.88. The molecule has 92 valence electrons. The third-order valence-corrected chi connectivity index (χ3v) is 1.76. The van der Waals surface area contributed by atoms with Gasteiger partial charge in [-0.2, -0.15) is 5.26 Å². The molecule has 0 aliphatic rings. The quantitative estimate of drug-likeness (QED) is 0.837. The van der Waals surface area contributed by atoms with Gasteiger partial charge in [-0.05, 0) is 0 Å². The highest BCUT2D eigenvalue weighted by Crippen LogP contribution is 2.33. The third kappa shape index (κ3) is 3.49. The molecule has 0 saturated heterocycles. The normalized spacial score (nSPS) is 11.0. The lowest BCUT2D eigenvalue weighted by molar-refractivity contribution is -0.275. The molecule has 0 bridgehead atoms. The highest BCUT2D eigenvalue weighted by atomic mass is 19.4. The van der Waals surface area contributed by atoms with Gasteiger partial charge in [0.2, 0.25) is 0 Å². The zero-order chi connectivity index (χ0) is 13.1. The minimum absolute atomic E-state index is 0.0463. The number of halogens is 3. The number of nitrogens with zero attached hydrogens (tertiary/aromatic N) is 2. The average Bonchev–Trinajstić information content (AvgIpc) is 2.21. The third-order valence-electron chi connectivity index (χ3n) is 1.76. The van der Waals surface area contributed by atoms with Crippen molar-refractivity contribution in [3.8, 4) is 17.6 Å². The fraction of sp³-hybridized carbons (Fsp3) is 0.333. The maximum absolute atomic E-state index is 12.0. The van der Waals surface area contributed by atoms with Gasteiger partial charge in [0.1, 0.15) is 0 Å². The lowest BCUT2D eigenvalue weighted by atomic mass is 10.2. The summed E-state index contributed by atoms with van der Waals surface area (Å²) in [5.74, 6) is -1.58. The number of aromatic hydroxyl groups is 1. The largest absolute Gasteiger partial charge is 0.573 e. The van der Waals surface area contributed by atoms with Crippen LogP contribution in [0.15, 0.2) is 6.07 Å². The first-order valence-electron chi connectivity index (χ1n) is 4.42. The van der Waals surface area contributed by atoms with Gasteiger partial charge in [-0.15, -0.1) is 13.2 Å². The molecule has 0 aliphatic carbocycles. The second-order valence-electron chi connectivity index (χ2n) is 2.99. The van der Waals surface area contributed by atoms with Crippen LogP contribution in [0, 0.1) is 11.3 Å². The molecule has 8 heteroatoms. The van der Waals surface area contributed by atoms with Gasteiger partial charge in [-0.3, -0.25) is 4.98 Å². The Bertz CT molecular complexity index is 454. The number of alkyl halides is 3. The molecule has 0 spiro atoms. The lowest BCUT2D eigenvalue weighted by Crippen LogP contribution is -2.18. The maximum atomic E-state index is 12.0. The van der Waals surface area contributed by atoms with Crippen LogP contribution in [0.2, 0.25) is 0 Å². The standard InChI is InChI=1S/C9H8F3N3O2/c10-9(11,12)17-7-3-5(1-2-13)15-6(4-14)8(7)16/h3,16H,1,4,14H2. The summed E-state index contributed by atoms with van der Waals surface area (Å²) in [6.45, 7) is -0.265. The van der Waals surface area contributed by atoms with Crippen molar-refractivity contribution in [1.29, 1.82) is 5.26 Å². The summed E-state index contributed by atoms with van der Waals surface area (Å²) < 4.78 is 39.7. The highest BCUT2D eigenvalue weighted by molar-refractivity contribution is 5.44. The number of aromatic nitrogens is 1. The number of pyridine rings is 1. The van der Waals surface area contributed by atoms with Crippen LogP contribution in [0.4, 0.5) is 13.2 Å². The van der Waals surface area contributed by atoms with E-state index >= 15 is 0 Å². The first-order valence-corrected chi connectivity index (χ1v) is 4.42. The first-order chi connectivity index (χ1) is 7.87. The molecule has 0 atom stereocenters. The first kappa shape index (κ1) is 13.1. The van der Waals surface area contributed by atoms with E-state index in [0.29, 0.717) is 0 Å². The summed E-state index contributed by atoms with van der Waals surface area (Å²) in [6, 6.07) is 2.58. The minimum Gasteiger partial charge on any atom is -0.503 e. The Hall–Kier alpha value is -2.01. The molecule has 1 aromatic rings. The zero-order valence-corrected chi connectivity index (χ0v) is 8.45. The molecule has 1 rings (SSSR count). The number of ether oxygens (including phenoxy) is 1. The van der Waals surface area contributed by atoms with Crippen molar-refractivity contribution in [2.24, 2.45) is 5.73 Å². The Morgan fingerprint density at radius 3 is 2.65 bits per heavy atom. The maximum Gasteiger partial charge on any atom is 0.573 e. The summed E-state index contributed by atoms with van der Waals surface area (Å²) in [7, 11) is 0. The molecule has 0 saturated carbocycles. The molecule has 1 heterocycles. The summed E-state index contributed by atoms with van der Waals surface area (Å²) in [4.78, 5) is 3.73. The molecule has 3 N–H and O–H groups in total. The lowest BCUT2D eigenvalue weighted by Gasteiger charge is -2.13. The van der Waals surface area contributed by atoms with E-state index in [4.69, 9.17) is 11.0 Å². The van der Waals surface area contributed by atoms with Crippen molar-refractivity contribution >= 4 is 0 Å². The molecular weight excluding hydrogens is 239 g/mol. The van der Waals surface area contributed by atoms with Crippen molar-refractivity contribution in [2.75, 3.05) is 0 Å². The van der Waals surface area contributed by atoms with Gasteiger partial charge < -0.3 is 15.6 Å². The number of rotatable bonds is 3. The Morgan fingerprint density at radius 2 is 2.18 bits per heavy atom. The SMILES string of the molecule is N#CCc1cc(OC(F)(F)F)c(O)c(CN)n1. The van der Waals surface area contributed by atoms with E-state index in [1.165, 1.54) is 0 Å². The van der Waals surface area contributed by atoms with E-state index in [-0.39, 0.29) is 24.4 Å². The highest BCUT2D eigenvalue weighted by Gasteiger charge is 2.33. The Labute approximate surface area is 94.2 Å². The van der Waals surface area contributed by atoms with Crippen LogP contribution < -0.4 is 10.5 Å². The summed E-state index contributed by atoms with van der Waals surface area (Å²) >= 11 is 0.